The number of hydrogen-bond acceptors (Lipinski definition) is 1. The van der Waals surface area contributed by atoms with Crippen molar-refractivity contribution >= 4 is 10.8 Å². The predicted molar refractivity (Wildman–Crippen MR) is 85.9 cm³/mol. The van der Waals surface area contributed by atoms with Crippen LogP contribution in [0.5, 0.6) is 0 Å². The lowest BCUT2D eigenvalue weighted by Crippen LogP contribution is -2.15. The van der Waals surface area contributed by atoms with Crippen LogP contribution < -0.4 is 5.73 Å². The van der Waals surface area contributed by atoms with Crippen molar-refractivity contribution in [2.24, 2.45) is 5.73 Å². The van der Waals surface area contributed by atoms with E-state index >= 15 is 0 Å². The summed E-state index contributed by atoms with van der Waals surface area (Å²) in [6.07, 6.45) is 0.988. The number of nitrogens with two attached hydrogens (primary N) is 1. The van der Waals surface area contributed by atoms with Crippen molar-refractivity contribution in [3.05, 3.63) is 83.9 Å². The minimum absolute atomic E-state index is 0.377. The first kappa shape index (κ1) is 12.9. The van der Waals surface area contributed by atoms with E-state index in [-0.39, 0.29) is 0 Å². The van der Waals surface area contributed by atoms with E-state index in [1.165, 1.54) is 21.9 Å². The molecular formula is C19H19N. The summed E-state index contributed by atoms with van der Waals surface area (Å²) in [4.78, 5) is 0. The molecule has 0 radical (unpaired) electrons. The minimum atomic E-state index is 0.377. The summed E-state index contributed by atoms with van der Waals surface area (Å²) in [6, 6.07) is 25.6. The van der Waals surface area contributed by atoms with E-state index in [1.54, 1.807) is 0 Å². The third kappa shape index (κ3) is 2.59. The molecule has 0 heterocycles. The standard InChI is InChI=1S/C19H19N/c20-14-18(15-7-2-1-3-8-15)13-17-11-6-10-16-9-4-5-12-19(16)17/h1-12,18H,13-14,20H2. The highest BCUT2D eigenvalue weighted by molar-refractivity contribution is 5.85. The van der Waals surface area contributed by atoms with Gasteiger partial charge in [0.25, 0.3) is 0 Å². The topological polar surface area (TPSA) is 26.0 Å². The van der Waals surface area contributed by atoms with Crippen LogP contribution in [0.3, 0.4) is 0 Å². The largest absolute Gasteiger partial charge is 0.330 e. The molecule has 2 N–H and O–H groups in total. The maximum atomic E-state index is 6.00. The quantitative estimate of drug-likeness (QED) is 0.751. The summed E-state index contributed by atoms with van der Waals surface area (Å²) >= 11 is 0. The second-order valence-electron chi connectivity index (χ2n) is 5.19. The third-order valence-corrected chi connectivity index (χ3v) is 3.90. The molecule has 0 bridgehead atoms. The second kappa shape index (κ2) is 5.89. The molecular weight excluding hydrogens is 242 g/mol. The van der Waals surface area contributed by atoms with Crippen LogP contribution in [0.25, 0.3) is 10.8 Å². The Balaban J connectivity index is 1.96. The second-order valence-corrected chi connectivity index (χ2v) is 5.19. The average Bonchev–Trinajstić information content (AvgIpc) is 2.53. The summed E-state index contributed by atoms with van der Waals surface area (Å²) in [5, 5.41) is 2.64. The molecule has 0 aliphatic heterocycles. The zero-order valence-corrected chi connectivity index (χ0v) is 11.5. The Kier molecular flexibility index (Phi) is 3.80. The van der Waals surface area contributed by atoms with E-state index in [4.69, 9.17) is 5.73 Å². The number of benzene rings is 3. The fourth-order valence-electron chi connectivity index (χ4n) is 2.80. The van der Waals surface area contributed by atoms with Crippen LogP contribution in [0.15, 0.2) is 72.8 Å². The highest BCUT2D eigenvalue weighted by Crippen LogP contribution is 2.25. The maximum Gasteiger partial charge on any atom is 0.000179 e. The highest BCUT2D eigenvalue weighted by Gasteiger charge is 2.11. The van der Waals surface area contributed by atoms with Gasteiger partial charge in [-0.1, -0.05) is 72.8 Å². The molecule has 20 heavy (non-hydrogen) atoms. The first-order valence-electron chi connectivity index (χ1n) is 7.10. The Labute approximate surface area is 120 Å². The van der Waals surface area contributed by atoms with Gasteiger partial charge < -0.3 is 5.73 Å². The minimum Gasteiger partial charge on any atom is -0.330 e. The molecule has 0 saturated heterocycles. The van der Waals surface area contributed by atoms with Crippen molar-refractivity contribution in [2.75, 3.05) is 6.54 Å². The Morgan fingerprint density at radius 1 is 0.750 bits per heavy atom. The van der Waals surface area contributed by atoms with Crippen LogP contribution in [0, 0.1) is 0 Å². The van der Waals surface area contributed by atoms with Crippen molar-refractivity contribution in [3.8, 4) is 0 Å². The molecule has 0 aliphatic rings. The molecule has 0 aromatic heterocycles. The Morgan fingerprint density at radius 3 is 2.25 bits per heavy atom. The van der Waals surface area contributed by atoms with E-state index in [0.29, 0.717) is 12.5 Å². The zero-order chi connectivity index (χ0) is 13.8. The summed E-state index contributed by atoms with van der Waals surface area (Å²) in [7, 11) is 0. The van der Waals surface area contributed by atoms with Crippen LogP contribution in [0.1, 0.15) is 17.0 Å². The number of rotatable bonds is 4. The summed E-state index contributed by atoms with van der Waals surface area (Å²) in [5.74, 6) is 0.377. The van der Waals surface area contributed by atoms with E-state index in [0.717, 1.165) is 6.42 Å². The predicted octanol–water partition coefficient (Wildman–Crippen LogP) is 4.12. The molecule has 0 spiro atoms. The first-order chi connectivity index (χ1) is 9.88. The van der Waals surface area contributed by atoms with Crippen molar-refractivity contribution in [2.45, 2.75) is 12.3 Å². The van der Waals surface area contributed by atoms with E-state index in [9.17, 15) is 0 Å². The van der Waals surface area contributed by atoms with Gasteiger partial charge >= 0.3 is 0 Å². The van der Waals surface area contributed by atoms with Crippen molar-refractivity contribution in [3.63, 3.8) is 0 Å². The lowest BCUT2D eigenvalue weighted by atomic mass is 9.90. The summed E-state index contributed by atoms with van der Waals surface area (Å²) in [5.41, 5.74) is 8.70. The molecule has 3 aromatic rings. The van der Waals surface area contributed by atoms with Gasteiger partial charge in [-0.15, -0.1) is 0 Å². The van der Waals surface area contributed by atoms with Crippen LogP contribution in [0.2, 0.25) is 0 Å². The van der Waals surface area contributed by atoms with E-state index in [1.807, 2.05) is 0 Å². The Bertz CT molecular complexity index is 683. The molecule has 100 valence electrons. The van der Waals surface area contributed by atoms with Crippen LogP contribution >= 0.6 is 0 Å². The van der Waals surface area contributed by atoms with Gasteiger partial charge in [0, 0.05) is 5.92 Å². The van der Waals surface area contributed by atoms with Crippen LogP contribution in [-0.4, -0.2) is 6.54 Å². The van der Waals surface area contributed by atoms with Gasteiger partial charge in [0.1, 0.15) is 0 Å². The Hall–Kier alpha value is -2.12. The van der Waals surface area contributed by atoms with Gasteiger partial charge in [-0.3, -0.25) is 0 Å². The van der Waals surface area contributed by atoms with Crippen molar-refractivity contribution < 1.29 is 0 Å². The zero-order valence-electron chi connectivity index (χ0n) is 11.5. The maximum absolute atomic E-state index is 6.00. The summed E-state index contributed by atoms with van der Waals surface area (Å²) in [6.45, 7) is 0.674. The summed E-state index contributed by atoms with van der Waals surface area (Å²) < 4.78 is 0. The molecule has 1 nitrogen and oxygen atoms in total. The molecule has 1 atom stereocenters. The van der Waals surface area contributed by atoms with E-state index < -0.39 is 0 Å². The number of fused-ring (bicyclic) bond motifs is 1. The van der Waals surface area contributed by atoms with Gasteiger partial charge in [-0.2, -0.15) is 0 Å². The monoisotopic (exact) mass is 261 g/mol. The molecule has 0 aliphatic carbocycles. The highest BCUT2D eigenvalue weighted by atomic mass is 14.5. The van der Waals surface area contributed by atoms with Gasteiger partial charge in [0.15, 0.2) is 0 Å². The van der Waals surface area contributed by atoms with Crippen molar-refractivity contribution in [1.82, 2.24) is 0 Å². The molecule has 0 amide bonds. The molecule has 3 aromatic carbocycles. The fourth-order valence-corrected chi connectivity index (χ4v) is 2.80. The molecule has 3 rings (SSSR count). The van der Waals surface area contributed by atoms with Gasteiger partial charge in [0.05, 0.1) is 0 Å². The van der Waals surface area contributed by atoms with Gasteiger partial charge in [-0.05, 0) is 34.9 Å². The molecule has 1 heteroatoms. The number of hydrogen-bond donors (Lipinski definition) is 1. The molecule has 1 unspecified atom stereocenters. The lowest BCUT2D eigenvalue weighted by molar-refractivity contribution is 0.697. The molecule has 0 saturated carbocycles. The normalized spacial score (nSPS) is 12.4. The van der Waals surface area contributed by atoms with Crippen LogP contribution in [0.4, 0.5) is 0 Å². The van der Waals surface area contributed by atoms with Crippen LogP contribution in [-0.2, 0) is 6.42 Å². The van der Waals surface area contributed by atoms with Gasteiger partial charge in [-0.25, -0.2) is 0 Å². The first-order valence-corrected chi connectivity index (χ1v) is 7.10. The lowest BCUT2D eigenvalue weighted by Gasteiger charge is -2.16. The fraction of sp³-hybridized carbons (Fsp3) is 0.158. The SMILES string of the molecule is NCC(Cc1cccc2ccccc12)c1ccccc1. The third-order valence-electron chi connectivity index (χ3n) is 3.90. The molecule has 0 fully saturated rings. The van der Waals surface area contributed by atoms with Gasteiger partial charge in [0.2, 0.25) is 0 Å². The Morgan fingerprint density at radius 2 is 1.45 bits per heavy atom. The van der Waals surface area contributed by atoms with Crippen molar-refractivity contribution in [1.29, 1.82) is 0 Å². The average molecular weight is 261 g/mol. The van der Waals surface area contributed by atoms with E-state index in [2.05, 4.69) is 72.8 Å². The smallest absolute Gasteiger partial charge is 0.000179 e.